The number of aliphatic hydroxyl groups excluding tert-OH is 8. The van der Waals surface area contributed by atoms with Gasteiger partial charge in [-0.1, -0.05) is 0 Å². The van der Waals surface area contributed by atoms with Crippen LogP contribution in [0.2, 0.25) is 0 Å². The number of carbonyl (C=O) groups is 2. The van der Waals surface area contributed by atoms with Gasteiger partial charge in [-0.25, -0.2) is 19.4 Å². The first-order valence-corrected chi connectivity index (χ1v) is 13.4. The van der Waals surface area contributed by atoms with E-state index in [1.165, 1.54) is 0 Å². The highest BCUT2D eigenvalue weighted by Crippen LogP contribution is 2.40. The molecule has 3 aliphatic rings. The van der Waals surface area contributed by atoms with Crippen LogP contribution in [0.5, 0.6) is 0 Å². The predicted octanol–water partition coefficient (Wildman–Crippen LogP) is -8.53. The minimum absolute atomic E-state index is 0.708. The number of aliphatic hydroxyl groups is 9. The van der Waals surface area contributed by atoms with Crippen molar-refractivity contribution in [2.45, 2.75) is 111 Å². The van der Waals surface area contributed by atoms with Crippen LogP contribution in [0.3, 0.4) is 0 Å². The molecule has 256 valence electrons. The third kappa shape index (κ3) is 6.70. The van der Waals surface area contributed by atoms with Crippen molar-refractivity contribution in [1.82, 2.24) is 0 Å². The highest BCUT2D eigenvalue weighted by atomic mass is 17.2. The fourth-order valence-electron chi connectivity index (χ4n) is 5.12. The van der Waals surface area contributed by atoms with E-state index in [0.29, 0.717) is 6.92 Å². The molecule has 0 spiro atoms. The van der Waals surface area contributed by atoms with E-state index in [1.807, 2.05) is 0 Å². The molecule has 3 fully saturated rings. The van der Waals surface area contributed by atoms with Gasteiger partial charge in [0.05, 0.1) is 37.9 Å². The maximum atomic E-state index is 12.6. The van der Waals surface area contributed by atoms with Gasteiger partial charge in [0.2, 0.25) is 0 Å². The predicted molar refractivity (Wildman–Crippen MR) is 135 cm³/mol. The first-order chi connectivity index (χ1) is 20.5. The number of nitrogens with two attached hydrogens (primary N) is 3. The zero-order chi connectivity index (χ0) is 33.3. The average Bonchev–Trinajstić information content (AvgIpc) is 2.99. The van der Waals surface area contributed by atoms with Gasteiger partial charge in [-0.15, -0.1) is 0 Å². The summed E-state index contributed by atoms with van der Waals surface area (Å²) in [6, 6.07) is -4.58. The maximum Gasteiger partial charge on any atom is 0.389 e. The van der Waals surface area contributed by atoms with Crippen molar-refractivity contribution in [3.8, 4) is 0 Å². The minimum atomic E-state index is -3.05. The third-order valence-corrected chi connectivity index (χ3v) is 7.93. The van der Waals surface area contributed by atoms with Crippen molar-refractivity contribution in [1.29, 1.82) is 0 Å². The van der Waals surface area contributed by atoms with E-state index < -0.39 is 129 Å². The van der Waals surface area contributed by atoms with Crippen LogP contribution in [0.25, 0.3) is 0 Å². The van der Waals surface area contributed by atoms with Gasteiger partial charge in [0.1, 0.15) is 48.8 Å². The van der Waals surface area contributed by atoms with Crippen molar-refractivity contribution in [2.75, 3.05) is 19.8 Å². The van der Waals surface area contributed by atoms with Gasteiger partial charge in [0.15, 0.2) is 30.1 Å². The summed E-state index contributed by atoms with van der Waals surface area (Å²) >= 11 is 0. The van der Waals surface area contributed by atoms with Gasteiger partial charge in [0, 0.05) is 6.92 Å². The molecule has 0 aliphatic carbocycles. The average molecular weight is 648 g/mol. The lowest BCUT2D eigenvalue weighted by Crippen LogP contribution is -2.78. The Kier molecular flexibility index (Phi) is 12.0. The molecular weight excluding hydrogens is 606 g/mol. The van der Waals surface area contributed by atoms with E-state index in [4.69, 9.17) is 40.9 Å². The van der Waals surface area contributed by atoms with Crippen LogP contribution < -0.4 is 17.2 Å². The van der Waals surface area contributed by atoms with E-state index in [9.17, 15) is 55.5 Å². The molecule has 0 aromatic heterocycles. The normalized spacial score (nSPS) is 46.1. The summed E-state index contributed by atoms with van der Waals surface area (Å²) in [7, 11) is 0. The Balaban J connectivity index is 1.84. The molecule has 0 amide bonds. The van der Waals surface area contributed by atoms with Crippen LogP contribution in [-0.2, 0) is 43.0 Å². The number of hydrogen-bond donors (Lipinski definition) is 12. The van der Waals surface area contributed by atoms with Gasteiger partial charge in [-0.2, -0.15) is 0 Å². The summed E-state index contributed by atoms with van der Waals surface area (Å²) in [4.78, 5) is 32.0. The molecule has 16 atom stereocenters. The molecule has 0 aromatic carbocycles. The quantitative estimate of drug-likeness (QED) is 0.0816. The molecule has 15 N–H and O–H groups in total. The molecular formula is C23H41N3O18. The van der Waals surface area contributed by atoms with Gasteiger partial charge >= 0.3 is 11.9 Å². The molecule has 0 aromatic rings. The molecule has 21 nitrogen and oxygen atoms in total. The van der Waals surface area contributed by atoms with Crippen molar-refractivity contribution in [3.63, 3.8) is 0 Å². The van der Waals surface area contributed by atoms with Crippen LogP contribution in [0, 0.1) is 0 Å². The fourth-order valence-corrected chi connectivity index (χ4v) is 5.12. The molecule has 0 bridgehead atoms. The van der Waals surface area contributed by atoms with Gasteiger partial charge in [0.25, 0.3) is 0 Å². The zero-order valence-electron chi connectivity index (χ0n) is 23.6. The molecule has 21 heteroatoms. The molecule has 3 saturated heterocycles. The Morgan fingerprint density at radius 2 is 1.30 bits per heavy atom. The first-order valence-electron chi connectivity index (χ1n) is 13.4. The Morgan fingerprint density at radius 1 is 0.795 bits per heavy atom. The summed E-state index contributed by atoms with van der Waals surface area (Å²) in [5.41, 5.74) is 11.9. The van der Waals surface area contributed by atoms with Gasteiger partial charge in [-0.05, 0) is 6.92 Å². The van der Waals surface area contributed by atoms with E-state index in [-0.39, 0.29) is 0 Å². The molecule has 3 unspecified atom stereocenters. The lowest BCUT2D eigenvalue weighted by molar-refractivity contribution is -0.379. The second-order valence-corrected chi connectivity index (χ2v) is 10.9. The van der Waals surface area contributed by atoms with Crippen LogP contribution >= 0.6 is 0 Å². The SMILES string of the molecule is CC(=O)OOC(=O)C(C)(O)[C@]1(CO)O[C@H](OC2[C@@H](CO)O[C@@H](OC3[C@@H](CO)O[C@@H](O)[C@H](N)[C@H]3O)[C@H](N)[C@H]2O)[C@H](N)[C@@H](O)[C@@H]1O. The number of rotatable bonds is 9. The monoisotopic (exact) mass is 647 g/mol. The Hall–Kier alpha value is -1.74. The van der Waals surface area contributed by atoms with Gasteiger partial charge in [-0.3, -0.25) is 0 Å². The van der Waals surface area contributed by atoms with Gasteiger partial charge < -0.3 is 86.8 Å². The number of hydrogen-bond acceptors (Lipinski definition) is 21. The molecule has 3 aliphatic heterocycles. The molecule has 3 heterocycles. The second kappa shape index (κ2) is 14.4. The van der Waals surface area contributed by atoms with Crippen LogP contribution in [0.1, 0.15) is 13.8 Å². The highest BCUT2D eigenvalue weighted by Gasteiger charge is 2.66. The Labute approximate surface area is 249 Å². The topological polar surface area (TPSA) is 359 Å². The standard InChI is InChI=1S/C23H41N3O18/c1-6(30)43-44-21(36)22(2,37)23(5-29)17(34)14(33)11(26)20(42-23)41-16-8(4-28)39-19(10(25)13(16)32)40-15-7(3-27)38-18(35)9(24)12(15)31/h7-20,27-29,31-35,37H,3-5,24-26H2,1-2H3/t7-,8-,9-,10-,11-,12-,13-,14-,15?,16?,17+,18-,19+,20+,22?,23-/m1/s1. The Morgan fingerprint density at radius 3 is 1.82 bits per heavy atom. The van der Waals surface area contributed by atoms with Crippen molar-refractivity contribution >= 4 is 11.9 Å². The van der Waals surface area contributed by atoms with Crippen molar-refractivity contribution in [3.05, 3.63) is 0 Å². The summed E-state index contributed by atoms with van der Waals surface area (Å²) in [5.74, 6) is -2.83. The fraction of sp³-hybridized carbons (Fsp3) is 0.913. The maximum absolute atomic E-state index is 12.6. The van der Waals surface area contributed by atoms with Crippen LogP contribution in [0.4, 0.5) is 0 Å². The van der Waals surface area contributed by atoms with E-state index in [1.54, 1.807) is 0 Å². The lowest BCUT2D eigenvalue weighted by Gasteiger charge is -2.53. The lowest BCUT2D eigenvalue weighted by atomic mass is 9.74. The summed E-state index contributed by atoms with van der Waals surface area (Å²) in [6.45, 7) is -1.42. The molecule has 0 saturated carbocycles. The van der Waals surface area contributed by atoms with E-state index in [2.05, 4.69) is 9.78 Å². The molecule has 3 rings (SSSR count). The molecule has 44 heavy (non-hydrogen) atoms. The number of carbonyl (C=O) groups excluding carboxylic acids is 2. The Bertz CT molecular complexity index is 990. The van der Waals surface area contributed by atoms with Crippen molar-refractivity contribution < 1.29 is 89.0 Å². The smallest absolute Gasteiger partial charge is 0.389 e. The first kappa shape index (κ1) is 36.7. The van der Waals surface area contributed by atoms with E-state index in [0.717, 1.165) is 6.92 Å². The zero-order valence-corrected chi connectivity index (χ0v) is 23.6. The third-order valence-electron chi connectivity index (χ3n) is 7.93. The summed E-state index contributed by atoms with van der Waals surface area (Å²) in [5, 5.41) is 93.7. The largest absolute Gasteiger partial charge is 0.394 e. The van der Waals surface area contributed by atoms with Crippen molar-refractivity contribution in [2.24, 2.45) is 17.2 Å². The summed E-state index contributed by atoms with van der Waals surface area (Å²) < 4.78 is 27.7. The second-order valence-electron chi connectivity index (χ2n) is 10.9. The molecule has 0 radical (unpaired) electrons. The highest BCUT2D eigenvalue weighted by molar-refractivity contribution is 5.81. The van der Waals surface area contributed by atoms with Crippen LogP contribution in [0.15, 0.2) is 0 Å². The number of ether oxygens (including phenoxy) is 5. The van der Waals surface area contributed by atoms with E-state index >= 15 is 0 Å². The minimum Gasteiger partial charge on any atom is -0.394 e. The summed E-state index contributed by atoms with van der Waals surface area (Å²) in [6.07, 6.45) is -18.9. The van der Waals surface area contributed by atoms with Crippen LogP contribution in [-0.4, -0.2) is 175 Å².